The summed E-state index contributed by atoms with van der Waals surface area (Å²) in [6.07, 6.45) is -3.00. The molecule has 1 aliphatic heterocycles. The van der Waals surface area contributed by atoms with Gasteiger partial charge in [0, 0.05) is 5.56 Å². The highest BCUT2D eigenvalue weighted by Crippen LogP contribution is 2.37. The number of benzene rings is 1. The molecule has 1 saturated heterocycles. The largest absolute Gasteiger partial charge is 0.496 e. The second kappa shape index (κ2) is 5.18. The van der Waals surface area contributed by atoms with Crippen molar-refractivity contribution in [1.29, 1.82) is 0 Å². The molecule has 0 amide bonds. The fourth-order valence-corrected chi connectivity index (χ4v) is 2.41. The first-order chi connectivity index (χ1) is 8.52. The second-order valence-electron chi connectivity index (χ2n) is 4.55. The van der Waals surface area contributed by atoms with E-state index in [0.717, 1.165) is 25.6 Å². The molecule has 0 spiro atoms. The Bertz CT molecular complexity index is 411. The number of rotatable bonds is 3. The van der Waals surface area contributed by atoms with Crippen LogP contribution in [0.3, 0.4) is 0 Å². The van der Waals surface area contributed by atoms with Gasteiger partial charge in [-0.3, -0.25) is 0 Å². The highest BCUT2D eigenvalue weighted by atomic mass is 19.4. The van der Waals surface area contributed by atoms with Crippen LogP contribution in [0.1, 0.15) is 17.5 Å². The lowest BCUT2D eigenvalue weighted by Gasteiger charge is -2.18. The van der Waals surface area contributed by atoms with E-state index in [0.29, 0.717) is 12.2 Å². The summed E-state index contributed by atoms with van der Waals surface area (Å²) < 4.78 is 44.0. The van der Waals surface area contributed by atoms with Crippen LogP contribution in [0.2, 0.25) is 0 Å². The predicted molar refractivity (Wildman–Crippen MR) is 62.7 cm³/mol. The minimum atomic E-state index is -4.32. The first kappa shape index (κ1) is 13.2. The summed E-state index contributed by atoms with van der Waals surface area (Å²) in [4.78, 5) is 0. The summed E-state index contributed by atoms with van der Waals surface area (Å²) in [6.45, 7) is 1.65. The van der Waals surface area contributed by atoms with Crippen LogP contribution >= 0.6 is 0 Å². The number of ether oxygens (including phenoxy) is 1. The van der Waals surface area contributed by atoms with E-state index in [4.69, 9.17) is 4.74 Å². The van der Waals surface area contributed by atoms with Crippen molar-refractivity contribution in [1.82, 2.24) is 5.32 Å². The Balaban J connectivity index is 2.34. The van der Waals surface area contributed by atoms with Crippen LogP contribution in [0.5, 0.6) is 5.75 Å². The maximum atomic E-state index is 13.0. The molecular weight excluding hydrogens is 243 g/mol. The average molecular weight is 259 g/mol. The van der Waals surface area contributed by atoms with Crippen molar-refractivity contribution in [2.24, 2.45) is 5.92 Å². The molecule has 1 aromatic rings. The average Bonchev–Trinajstić information content (AvgIpc) is 2.80. The maximum absolute atomic E-state index is 13.0. The van der Waals surface area contributed by atoms with Gasteiger partial charge in [-0.2, -0.15) is 13.2 Å². The molecule has 5 heteroatoms. The van der Waals surface area contributed by atoms with Gasteiger partial charge in [0.2, 0.25) is 0 Å². The molecule has 1 atom stereocenters. The number of nitrogens with one attached hydrogen (secondary N) is 1. The van der Waals surface area contributed by atoms with Gasteiger partial charge in [0.1, 0.15) is 5.75 Å². The summed E-state index contributed by atoms with van der Waals surface area (Å²) >= 11 is 0. The molecule has 0 aromatic heterocycles. The molecular formula is C13H16F3NO. The zero-order valence-electron chi connectivity index (χ0n) is 10.2. The molecule has 2 nitrogen and oxygen atoms in total. The van der Waals surface area contributed by atoms with Crippen LogP contribution < -0.4 is 10.1 Å². The molecule has 0 bridgehead atoms. The highest BCUT2D eigenvalue weighted by molar-refractivity contribution is 5.42. The number of hydrogen-bond donors (Lipinski definition) is 1. The van der Waals surface area contributed by atoms with Crippen molar-refractivity contribution in [2.75, 3.05) is 20.2 Å². The minimum absolute atomic E-state index is 0.252. The fraction of sp³-hybridized carbons (Fsp3) is 0.538. The van der Waals surface area contributed by atoms with Crippen LogP contribution in [-0.4, -0.2) is 20.2 Å². The molecule has 18 heavy (non-hydrogen) atoms. The fourth-order valence-electron chi connectivity index (χ4n) is 2.41. The molecule has 100 valence electrons. The van der Waals surface area contributed by atoms with E-state index < -0.39 is 11.7 Å². The number of alkyl halides is 3. The Labute approximate surface area is 104 Å². The summed E-state index contributed by atoms with van der Waals surface area (Å²) in [5.41, 5.74) is -0.296. The minimum Gasteiger partial charge on any atom is -0.496 e. The van der Waals surface area contributed by atoms with E-state index in [-0.39, 0.29) is 11.5 Å². The quantitative estimate of drug-likeness (QED) is 0.901. The van der Waals surface area contributed by atoms with Gasteiger partial charge in [0.25, 0.3) is 0 Å². The highest BCUT2D eigenvalue weighted by Gasteiger charge is 2.35. The molecule has 0 radical (unpaired) electrons. The van der Waals surface area contributed by atoms with Crippen molar-refractivity contribution < 1.29 is 17.9 Å². The summed E-state index contributed by atoms with van der Waals surface area (Å²) in [5.74, 6) is 0.583. The molecule has 1 heterocycles. The third-order valence-electron chi connectivity index (χ3n) is 3.31. The van der Waals surface area contributed by atoms with Crippen LogP contribution in [-0.2, 0) is 12.6 Å². The lowest BCUT2D eigenvalue weighted by molar-refractivity contribution is -0.138. The number of methoxy groups -OCH3 is 1. The van der Waals surface area contributed by atoms with E-state index in [1.165, 1.54) is 13.2 Å². The normalized spacial score (nSPS) is 20.1. The van der Waals surface area contributed by atoms with Gasteiger partial charge in [-0.1, -0.05) is 6.07 Å². The molecule has 0 saturated carbocycles. The summed E-state index contributed by atoms with van der Waals surface area (Å²) in [5, 5.41) is 3.17. The van der Waals surface area contributed by atoms with Crippen LogP contribution in [0.15, 0.2) is 18.2 Å². The van der Waals surface area contributed by atoms with Gasteiger partial charge in [0.15, 0.2) is 0 Å². The molecule has 1 aromatic carbocycles. The van der Waals surface area contributed by atoms with E-state index in [9.17, 15) is 13.2 Å². The number of hydrogen-bond acceptors (Lipinski definition) is 2. The van der Waals surface area contributed by atoms with Crippen LogP contribution in [0, 0.1) is 5.92 Å². The topological polar surface area (TPSA) is 21.3 Å². The predicted octanol–water partition coefficient (Wildman–Crippen LogP) is 2.87. The number of halogens is 3. The SMILES string of the molecule is COc1cccc(C(F)(F)F)c1CC1CCNC1. The molecule has 1 fully saturated rings. The van der Waals surface area contributed by atoms with Gasteiger partial charge in [-0.25, -0.2) is 0 Å². The smallest absolute Gasteiger partial charge is 0.416 e. The zero-order chi connectivity index (χ0) is 13.2. The van der Waals surface area contributed by atoms with Crippen molar-refractivity contribution in [3.63, 3.8) is 0 Å². The Morgan fingerprint density at radius 1 is 1.39 bits per heavy atom. The monoisotopic (exact) mass is 259 g/mol. The van der Waals surface area contributed by atoms with E-state index >= 15 is 0 Å². The standard InChI is InChI=1S/C13H16F3NO/c1-18-12-4-2-3-11(13(14,15)16)10(12)7-9-5-6-17-8-9/h2-4,9,17H,5-8H2,1H3. The first-order valence-electron chi connectivity index (χ1n) is 5.96. The Morgan fingerprint density at radius 2 is 2.17 bits per heavy atom. The first-order valence-corrected chi connectivity index (χ1v) is 5.96. The van der Waals surface area contributed by atoms with Gasteiger partial charge >= 0.3 is 6.18 Å². The van der Waals surface area contributed by atoms with Gasteiger partial charge in [-0.15, -0.1) is 0 Å². The molecule has 1 unspecified atom stereocenters. The second-order valence-corrected chi connectivity index (χ2v) is 4.55. The summed E-state index contributed by atoms with van der Waals surface area (Å²) in [6, 6.07) is 4.10. The third-order valence-corrected chi connectivity index (χ3v) is 3.31. The Kier molecular flexibility index (Phi) is 3.80. The molecule has 1 aliphatic rings. The molecule has 1 N–H and O–H groups in total. The lowest BCUT2D eigenvalue weighted by Crippen LogP contribution is -2.15. The third kappa shape index (κ3) is 2.77. The van der Waals surface area contributed by atoms with Gasteiger partial charge in [0.05, 0.1) is 12.7 Å². The van der Waals surface area contributed by atoms with Crippen molar-refractivity contribution >= 4 is 0 Å². The maximum Gasteiger partial charge on any atom is 0.416 e. The van der Waals surface area contributed by atoms with Crippen molar-refractivity contribution in [3.8, 4) is 5.75 Å². The molecule has 2 rings (SSSR count). The molecule has 0 aliphatic carbocycles. The van der Waals surface area contributed by atoms with Crippen LogP contribution in [0.25, 0.3) is 0 Å². The Morgan fingerprint density at radius 3 is 2.72 bits per heavy atom. The summed E-state index contributed by atoms with van der Waals surface area (Å²) in [7, 11) is 1.41. The van der Waals surface area contributed by atoms with E-state index in [2.05, 4.69) is 5.32 Å². The van der Waals surface area contributed by atoms with E-state index in [1.54, 1.807) is 6.07 Å². The van der Waals surface area contributed by atoms with Crippen LogP contribution in [0.4, 0.5) is 13.2 Å². The van der Waals surface area contributed by atoms with Gasteiger partial charge in [-0.05, 0) is 44.0 Å². The van der Waals surface area contributed by atoms with Gasteiger partial charge < -0.3 is 10.1 Å². The Hall–Kier alpha value is -1.23. The zero-order valence-corrected chi connectivity index (χ0v) is 10.2. The van der Waals surface area contributed by atoms with Crippen molar-refractivity contribution in [3.05, 3.63) is 29.3 Å². The van der Waals surface area contributed by atoms with E-state index in [1.807, 2.05) is 0 Å². The lowest BCUT2D eigenvalue weighted by atomic mass is 9.94. The van der Waals surface area contributed by atoms with Crippen molar-refractivity contribution in [2.45, 2.75) is 19.0 Å².